The predicted octanol–water partition coefficient (Wildman–Crippen LogP) is 4.74. The number of anilines is 1. The van der Waals surface area contributed by atoms with Crippen molar-refractivity contribution in [3.05, 3.63) is 50.1 Å². The lowest BCUT2D eigenvalue weighted by molar-refractivity contribution is 0.787. The molecule has 0 saturated heterocycles. The number of aryl methyl sites for hydroxylation is 1. The van der Waals surface area contributed by atoms with E-state index >= 15 is 0 Å². The molecular formula is C19H20ClN3OS2. The van der Waals surface area contributed by atoms with Gasteiger partial charge in [-0.25, -0.2) is 9.55 Å². The van der Waals surface area contributed by atoms with Crippen molar-refractivity contribution in [2.24, 2.45) is 0 Å². The van der Waals surface area contributed by atoms with Crippen molar-refractivity contribution >= 4 is 50.9 Å². The Morgan fingerprint density at radius 1 is 1.23 bits per heavy atom. The molecule has 3 aromatic rings. The van der Waals surface area contributed by atoms with E-state index in [1.54, 1.807) is 15.9 Å². The fourth-order valence-corrected chi connectivity index (χ4v) is 5.87. The molecule has 7 heteroatoms. The Kier molecular flexibility index (Phi) is 4.99. The van der Waals surface area contributed by atoms with Crippen molar-refractivity contribution in [2.75, 3.05) is 23.7 Å². The summed E-state index contributed by atoms with van der Waals surface area (Å²) in [6, 6.07) is 7.41. The molecule has 1 aliphatic rings. The summed E-state index contributed by atoms with van der Waals surface area (Å²) >= 11 is 9.66. The molecule has 0 amide bonds. The number of thiophene rings is 1. The van der Waals surface area contributed by atoms with Crippen molar-refractivity contribution in [3.63, 3.8) is 0 Å². The summed E-state index contributed by atoms with van der Waals surface area (Å²) in [6.07, 6.45) is 0.947. The lowest BCUT2D eigenvalue weighted by Gasteiger charge is -2.23. The number of halogens is 1. The zero-order chi connectivity index (χ0) is 18.3. The first kappa shape index (κ1) is 17.9. The summed E-state index contributed by atoms with van der Waals surface area (Å²) < 4.78 is 1.75. The predicted molar refractivity (Wildman–Crippen MR) is 114 cm³/mol. The first-order valence-electron chi connectivity index (χ1n) is 8.80. The molecule has 26 heavy (non-hydrogen) atoms. The van der Waals surface area contributed by atoms with Crippen LogP contribution in [0.4, 0.5) is 5.95 Å². The average Bonchev–Trinajstić information content (AvgIpc) is 3.03. The fourth-order valence-electron chi connectivity index (χ4n) is 3.40. The second-order valence-electron chi connectivity index (χ2n) is 6.19. The highest BCUT2D eigenvalue weighted by molar-refractivity contribution is 7.98. The molecule has 1 aliphatic heterocycles. The van der Waals surface area contributed by atoms with E-state index in [0.29, 0.717) is 11.0 Å². The maximum absolute atomic E-state index is 13.6. The van der Waals surface area contributed by atoms with E-state index in [4.69, 9.17) is 16.6 Å². The largest absolute Gasteiger partial charge is 0.342 e. The van der Waals surface area contributed by atoms with Gasteiger partial charge in [-0.3, -0.25) is 4.79 Å². The van der Waals surface area contributed by atoms with E-state index in [1.807, 2.05) is 36.0 Å². The van der Waals surface area contributed by atoms with Crippen LogP contribution >= 0.6 is 34.7 Å². The lowest BCUT2D eigenvalue weighted by atomic mass is 10.1. The van der Waals surface area contributed by atoms with E-state index in [1.165, 1.54) is 10.4 Å². The van der Waals surface area contributed by atoms with Gasteiger partial charge >= 0.3 is 0 Å². The van der Waals surface area contributed by atoms with Crippen molar-refractivity contribution in [1.82, 2.24) is 9.55 Å². The summed E-state index contributed by atoms with van der Waals surface area (Å²) in [5.74, 6) is 2.76. The van der Waals surface area contributed by atoms with E-state index in [-0.39, 0.29) is 5.56 Å². The second-order valence-corrected chi connectivity index (χ2v) is 8.81. The third-order valence-corrected chi connectivity index (χ3v) is 7.30. The standard InChI is InChI=1S/C19H20ClN3OS2/c1-3-22(4-2)19-21-17-16(14-9-10-25-11-15(14)26-17)18(24)23(19)13-7-5-12(20)6-8-13/h5-8H,3-4,9-11H2,1-2H3. The SMILES string of the molecule is CCN(CC)c1nc2sc3c(c2c(=O)n1-c1ccc(Cl)cc1)CCSC3. The maximum Gasteiger partial charge on any atom is 0.268 e. The Labute approximate surface area is 165 Å². The molecule has 0 spiro atoms. The number of thioether (sulfide) groups is 1. The fraction of sp³-hybridized carbons (Fsp3) is 0.368. The molecule has 4 rings (SSSR count). The minimum atomic E-state index is 0.0311. The van der Waals surface area contributed by atoms with Crippen LogP contribution in [0.5, 0.6) is 0 Å². The Morgan fingerprint density at radius 2 is 1.96 bits per heavy atom. The summed E-state index contributed by atoms with van der Waals surface area (Å²) in [5, 5.41) is 1.46. The van der Waals surface area contributed by atoms with Crippen LogP contribution in [0, 0.1) is 0 Å². The van der Waals surface area contributed by atoms with Gasteiger partial charge in [-0.1, -0.05) is 11.6 Å². The highest BCUT2D eigenvalue weighted by Crippen LogP contribution is 2.36. The van der Waals surface area contributed by atoms with E-state index in [9.17, 15) is 4.79 Å². The smallest absolute Gasteiger partial charge is 0.268 e. The third-order valence-electron chi connectivity index (χ3n) is 4.75. The molecule has 0 fully saturated rings. The zero-order valence-electron chi connectivity index (χ0n) is 14.8. The normalized spacial score (nSPS) is 13.8. The molecule has 0 saturated carbocycles. The van der Waals surface area contributed by atoms with E-state index < -0.39 is 0 Å². The summed E-state index contributed by atoms with van der Waals surface area (Å²) in [4.78, 5) is 22.8. The molecule has 0 atom stereocenters. The van der Waals surface area contributed by atoms with Crippen molar-refractivity contribution < 1.29 is 0 Å². The Hall–Kier alpha value is -1.50. The van der Waals surface area contributed by atoms with Crippen LogP contribution in [0.3, 0.4) is 0 Å². The van der Waals surface area contributed by atoms with E-state index in [0.717, 1.165) is 46.9 Å². The van der Waals surface area contributed by atoms with Crippen LogP contribution in [0.25, 0.3) is 15.9 Å². The Morgan fingerprint density at radius 3 is 2.65 bits per heavy atom. The topological polar surface area (TPSA) is 38.1 Å². The molecule has 0 N–H and O–H groups in total. The molecule has 3 heterocycles. The molecule has 4 nitrogen and oxygen atoms in total. The minimum Gasteiger partial charge on any atom is -0.342 e. The van der Waals surface area contributed by atoms with Gasteiger partial charge in [-0.2, -0.15) is 11.8 Å². The van der Waals surface area contributed by atoms with E-state index in [2.05, 4.69) is 18.7 Å². The van der Waals surface area contributed by atoms with Crippen LogP contribution in [0.15, 0.2) is 29.1 Å². The van der Waals surface area contributed by atoms with Gasteiger partial charge in [0, 0.05) is 28.7 Å². The highest BCUT2D eigenvalue weighted by atomic mass is 35.5. The van der Waals surface area contributed by atoms with Crippen LogP contribution in [0.2, 0.25) is 5.02 Å². The molecule has 0 radical (unpaired) electrons. The summed E-state index contributed by atoms with van der Waals surface area (Å²) in [6.45, 7) is 5.76. The number of benzene rings is 1. The average molecular weight is 406 g/mol. The van der Waals surface area contributed by atoms with Crippen molar-refractivity contribution in [1.29, 1.82) is 0 Å². The Bertz CT molecular complexity index is 1010. The zero-order valence-corrected chi connectivity index (χ0v) is 17.2. The van der Waals surface area contributed by atoms with Gasteiger partial charge in [-0.05, 0) is 55.9 Å². The number of hydrogen-bond acceptors (Lipinski definition) is 5. The monoisotopic (exact) mass is 405 g/mol. The first-order chi connectivity index (χ1) is 12.6. The molecule has 2 aromatic heterocycles. The second kappa shape index (κ2) is 7.25. The van der Waals surface area contributed by atoms with Gasteiger partial charge < -0.3 is 4.90 Å². The molecule has 136 valence electrons. The quantitative estimate of drug-likeness (QED) is 0.628. The number of rotatable bonds is 4. The molecule has 0 aliphatic carbocycles. The minimum absolute atomic E-state index is 0.0311. The van der Waals surface area contributed by atoms with Crippen LogP contribution < -0.4 is 10.5 Å². The third kappa shape index (κ3) is 2.94. The van der Waals surface area contributed by atoms with Crippen LogP contribution in [-0.2, 0) is 12.2 Å². The van der Waals surface area contributed by atoms with Gasteiger partial charge in [-0.15, -0.1) is 11.3 Å². The lowest BCUT2D eigenvalue weighted by Crippen LogP contribution is -2.32. The van der Waals surface area contributed by atoms with Gasteiger partial charge in [0.25, 0.3) is 5.56 Å². The Balaban J connectivity index is 2.05. The number of fused-ring (bicyclic) bond motifs is 3. The molecule has 0 unspecified atom stereocenters. The van der Waals surface area contributed by atoms with Crippen molar-refractivity contribution in [3.8, 4) is 5.69 Å². The van der Waals surface area contributed by atoms with Crippen LogP contribution in [-0.4, -0.2) is 28.4 Å². The first-order valence-corrected chi connectivity index (χ1v) is 11.1. The number of aromatic nitrogens is 2. The van der Waals surface area contributed by atoms with Gasteiger partial charge in [0.2, 0.25) is 5.95 Å². The maximum atomic E-state index is 13.6. The van der Waals surface area contributed by atoms with Crippen LogP contribution in [0.1, 0.15) is 24.3 Å². The molecule has 0 bridgehead atoms. The molecular weight excluding hydrogens is 386 g/mol. The van der Waals surface area contributed by atoms with Crippen molar-refractivity contribution in [2.45, 2.75) is 26.0 Å². The summed E-state index contributed by atoms with van der Waals surface area (Å²) in [7, 11) is 0. The number of hydrogen-bond donors (Lipinski definition) is 0. The van der Waals surface area contributed by atoms with Gasteiger partial charge in [0.05, 0.1) is 11.1 Å². The summed E-state index contributed by atoms with van der Waals surface area (Å²) in [5.41, 5.74) is 2.04. The number of nitrogens with zero attached hydrogens (tertiary/aromatic N) is 3. The van der Waals surface area contributed by atoms with Gasteiger partial charge in [0.1, 0.15) is 4.83 Å². The molecule has 1 aromatic carbocycles. The highest BCUT2D eigenvalue weighted by Gasteiger charge is 2.24. The van der Waals surface area contributed by atoms with Gasteiger partial charge in [0.15, 0.2) is 0 Å².